The summed E-state index contributed by atoms with van der Waals surface area (Å²) in [5, 5.41) is 3.87. The van der Waals surface area contributed by atoms with Crippen molar-refractivity contribution in [2.24, 2.45) is 0 Å². The standard InChI is InChI=1S/C16H15Cl3N2O2/c1-8-4-5-11(6-12(8)17)21-13(22)7-23-16-14(18)9(2)20-10(3)15(16)19/h4-6H,7H2,1-3H3,(H,21,22). The highest BCUT2D eigenvalue weighted by atomic mass is 35.5. The predicted octanol–water partition coefficient (Wildman–Crippen LogP) is 4.98. The number of halogens is 3. The molecule has 2 aromatic rings. The van der Waals surface area contributed by atoms with Gasteiger partial charge >= 0.3 is 0 Å². The summed E-state index contributed by atoms with van der Waals surface area (Å²) >= 11 is 18.3. The number of anilines is 1. The minimum Gasteiger partial charge on any atom is -0.480 e. The first kappa shape index (κ1) is 17.9. The first-order valence-corrected chi connectivity index (χ1v) is 7.94. The summed E-state index contributed by atoms with van der Waals surface area (Å²) in [4.78, 5) is 16.2. The van der Waals surface area contributed by atoms with Crippen molar-refractivity contribution in [3.63, 3.8) is 0 Å². The highest BCUT2D eigenvalue weighted by Crippen LogP contribution is 2.36. The summed E-state index contributed by atoms with van der Waals surface area (Å²) in [6.07, 6.45) is 0. The zero-order valence-corrected chi connectivity index (χ0v) is 15.1. The Morgan fingerprint density at radius 1 is 1.13 bits per heavy atom. The molecule has 1 N–H and O–H groups in total. The van der Waals surface area contributed by atoms with Crippen LogP contribution in [0, 0.1) is 20.8 Å². The molecule has 4 nitrogen and oxygen atoms in total. The number of hydrogen-bond donors (Lipinski definition) is 1. The van der Waals surface area contributed by atoms with Gasteiger partial charge in [-0.1, -0.05) is 40.9 Å². The van der Waals surface area contributed by atoms with E-state index in [1.807, 2.05) is 13.0 Å². The van der Waals surface area contributed by atoms with Crippen LogP contribution in [0.5, 0.6) is 5.75 Å². The third-order valence-corrected chi connectivity index (χ3v) is 4.47. The first-order valence-electron chi connectivity index (χ1n) is 6.80. The molecular weight excluding hydrogens is 359 g/mol. The summed E-state index contributed by atoms with van der Waals surface area (Å²) < 4.78 is 5.47. The summed E-state index contributed by atoms with van der Waals surface area (Å²) in [7, 11) is 0. The van der Waals surface area contributed by atoms with Crippen molar-refractivity contribution in [2.45, 2.75) is 20.8 Å². The summed E-state index contributed by atoms with van der Waals surface area (Å²) in [5.74, 6) is -0.0837. The van der Waals surface area contributed by atoms with Gasteiger partial charge in [0.15, 0.2) is 12.4 Å². The minimum absolute atomic E-state index is 0.228. The first-order chi connectivity index (χ1) is 10.8. The van der Waals surface area contributed by atoms with Crippen LogP contribution in [0.4, 0.5) is 5.69 Å². The van der Waals surface area contributed by atoms with Crippen LogP contribution in [-0.4, -0.2) is 17.5 Å². The van der Waals surface area contributed by atoms with Crippen LogP contribution in [0.15, 0.2) is 18.2 Å². The van der Waals surface area contributed by atoms with Crippen molar-refractivity contribution >= 4 is 46.4 Å². The predicted molar refractivity (Wildman–Crippen MR) is 94.0 cm³/mol. The van der Waals surface area contributed by atoms with Crippen LogP contribution < -0.4 is 10.1 Å². The van der Waals surface area contributed by atoms with E-state index in [1.165, 1.54) is 0 Å². The molecule has 0 saturated heterocycles. The summed E-state index contributed by atoms with van der Waals surface area (Å²) in [6, 6.07) is 5.26. The molecule has 0 atom stereocenters. The second-order valence-electron chi connectivity index (χ2n) is 5.04. The van der Waals surface area contributed by atoms with Gasteiger partial charge in [0.05, 0.1) is 11.4 Å². The van der Waals surface area contributed by atoms with Crippen LogP contribution >= 0.6 is 34.8 Å². The molecule has 2 rings (SSSR count). The van der Waals surface area contributed by atoms with Crippen molar-refractivity contribution in [1.82, 2.24) is 4.98 Å². The topological polar surface area (TPSA) is 51.2 Å². The number of carbonyl (C=O) groups excluding carboxylic acids is 1. The molecule has 0 bridgehead atoms. The number of nitrogens with one attached hydrogen (secondary N) is 1. The number of ether oxygens (including phenoxy) is 1. The molecule has 0 spiro atoms. The number of carbonyl (C=O) groups is 1. The number of hydrogen-bond acceptors (Lipinski definition) is 3. The number of pyridine rings is 1. The molecule has 0 aliphatic heterocycles. The van der Waals surface area contributed by atoms with Gasteiger partial charge in [-0.15, -0.1) is 0 Å². The zero-order valence-electron chi connectivity index (χ0n) is 12.8. The number of benzene rings is 1. The van der Waals surface area contributed by atoms with Crippen molar-refractivity contribution < 1.29 is 9.53 Å². The van der Waals surface area contributed by atoms with Gasteiger partial charge in [-0.25, -0.2) is 0 Å². The van der Waals surface area contributed by atoms with Gasteiger partial charge in [-0.3, -0.25) is 9.78 Å². The molecule has 23 heavy (non-hydrogen) atoms. The van der Waals surface area contributed by atoms with Crippen LogP contribution in [-0.2, 0) is 4.79 Å². The Morgan fingerprint density at radius 3 is 2.30 bits per heavy atom. The van der Waals surface area contributed by atoms with Gasteiger partial charge in [0.25, 0.3) is 5.91 Å². The number of rotatable bonds is 4. The van der Waals surface area contributed by atoms with Crippen molar-refractivity contribution in [3.8, 4) is 5.75 Å². The highest BCUT2D eigenvalue weighted by Gasteiger charge is 2.16. The zero-order chi connectivity index (χ0) is 17.1. The molecular formula is C16H15Cl3N2O2. The third-order valence-electron chi connectivity index (χ3n) is 3.17. The fourth-order valence-electron chi connectivity index (χ4n) is 1.91. The van der Waals surface area contributed by atoms with E-state index in [0.29, 0.717) is 32.1 Å². The quantitative estimate of drug-likeness (QED) is 0.822. The average molecular weight is 374 g/mol. The van der Waals surface area contributed by atoms with Crippen LogP contribution in [0.25, 0.3) is 0 Å². The van der Waals surface area contributed by atoms with Gasteiger partial charge in [-0.05, 0) is 38.5 Å². The van der Waals surface area contributed by atoms with Crippen molar-refractivity contribution in [1.29, 1.82) is 0 Å². The lowest BCUT2D eigenvalue weighted by Gasteiger charge is -2.13. The summed E-state index contributed by atoms with van der Waals surface area (Å²) in [6.45, 7) is 5.14. The van der Waals surface area contributed by atoms with E-state index >= 15 is 0 Å². The Bertz CT molecular complexity index is 737. The fraction of sp³-hybridized carbons (Fsp3) is 0.250. The fourth-order valence-corrected chi connectivity index (χ4v) is 2.52. The average Bonchev–Trinajstić information content (AvgIpc) is 2.49. The van der Waals surface area contributed by atoms with E-state index in [0.717, 1.165) is 5.56 Å². The van der Waals surface area contributed by atoms with E-state index in [2.05, 4.69) is 10.3 Å². The Kier molecular flexibility index (Phi) is 5.74. The van der Waals surface area contributed by atoms with E-state index in [9.17, 15) is 4.79 Å². The lowest BCUT2D eigenvalue weighted by atomic mass is 10.2. The maximum absolute atomic E-state index is 12.0. The van der Waals surface area contributed by atoms with E-state index < -0.39 is 0 Å². The van der Waals surface area contributed by atoms with Crippen LogP contribution in [0.3, 0.4) is 0 Å². The number of amides is 1. The minimum atomic E-state index is -0.343. The largest absolute Gasteiger partial charge is 0.480 e. The highest BCUT2D eigenvalue weighted by molar-refractivity contribution is 6.37. The van der Waals surface area contributed by atoms with Gasteiger partial charge in [0.1, 0.15) is 10.0 Å². The molecule has 0 radical (unpaired) electrons. The monoisotopic (exact) mass is 372 g/mol. The number of aryl methyl sites for hydroxylation is 3. The molecule has 1 heterocycles. The van der Waals surface area contributed by atoms with Crippen molar-refractivity contribution in [2.75, 3.05) is 11.9 Å². The Hall–Kier alpha value is -1.49. The maximum Gasteiger partial charge on any atom is 0.262 e. The van der Waals surface area contributed by atoms with Crippen LogP contribution in [0.2, 0.25) is 15.1 Å². The smallest absolute Gasteiger partial charge is 0.262 e. The Labute approximate surface area is 149 Å². The summed E-state index contributed by atoms with van der Waals surface area (Å²) in [5.41, 5.74) is 2.71. The second kappa shape index (κ2) is 7.39. The van der Waals surface area contributed by atoms with Gasteiger partial charge in [-0.2, -0.15) is 0 Å². The van der Waals surface area contributed by atoms with Crippen molar-refractivity contribution in [3.05, 3.63) is 50.2 Å². The second-order valence-corrected chi connectivity index (χ2v) is 6.20. The normalized spacial score (nSPS) is 10.5. The SMILES string of the molecule is Cc1ccc(NC(=O)COc2c(Cl)c(C)nc(C)c2Cl)cc1Cl. The molecule has 1 amide bonds. The Morgan fingerprint density at radius 2 is 1.74 bits per heavy atom. The van der Waals surface area contributed by atoms with Gasteiger partial charge in [0, 0.05) is 10.7 Å². The lowest BCUT2D eigenvalue weighted by Crippen LogP contribution is -2.20. The van der Waals surface area contributed by atoms with E-state index in [-0.39, 0.29) is 18.3 Å². The molecule has 0 unspecified atom stereocenters. The number of aromatic nitrogens is 1. The van der Waals surface area contributed by atoms with Gasteiger partial charge in [0.2, 0.25) is 0 Å². The molecule has 1 aromatic heterocycles. The molecule has 7 heteroatoms. The number of nitrogens with zero attached hydrogens (tertiary/aromatic N) is 1. The van der Waals surface area contributed by atoms with E-state index in [4.69, 9.17) is 39.5 Å². The molecule has 1 aromatic carbocycles. The maximum atomic E-state index is 12.0. The van der Waals surface area contributed by atoms with Gasteiger partial charge < -0.3 is 10.1 Å². The molecule has 0 fully saturated rings. The van der Waals surface area contributed by atoms with Crippen LogP contribution in [0.1, 0.15) is 17.0 Å². The molecule has 0 aliphatic rings. The third kappa shape index (κ3) is 4.28. The molecule has 0 aliphatic carbocycles. The molecule has 122 valence electrons. The lowest BCUT2D eigenvalue weighted by molar-refractivity contribution is -0.118. The molecule has 0 saturated carbocycles. The Balaban J connectivity index is 2.06. The van der Waals surface area contributed by atoms with E-state index in [1.54, 1.807) is 26.0 Å².